The van der Waals surface area contributed by atoms with Crippen LogP contribution in [0.3, 0.4) is 0 Å². The first-order valence-corrected chi connectivity index (χ1v) is 10.0. The highest BCUT2D eigenvalue weighted by atomic mass is 32.1. The summed E-state index contributed by atoms with van der Waals surface area (Å²) >= 11 is 1.60. The van der Waals surface area contributed by atoms with Gasteiger partial charge < -0.3 is 15.1 Å². The highest BCUT2D eigenvalue weighted by Crippen LogP contribution is 2.31. The Morgan fingerprint density at radius 1 is 1.04 bits per heavy atom. The number of carbonyl (C=O) groups excluding carboxylic acids is 2. The van der Waals surface area contributed by atoms with Gasteiger partial charge in [0.25, 0.3) is 0 Å². The highest BCUT2D eigenvalue weighted by molar-refractivity contribution is 7.10. The van der Waals surface area contributed by atoms with Gasteiger partial charge in [0, 0.05) is 48.3 Å². The molecule has 0 unspecified atom stereocenters. The maximum Gasteiger partial charge on any atom is 0.229 e. The SMILES string of the molecule is O=C(Cc1cccs1)Nc1ccc(N2CCN(C(=O)C3CC3)CC2)cc1. The van der Waals surface area contributed by atoms with Crippen molar-refractivity contribution < 1.29 is 9.59 Å². The molecule has 1 N–H and O–H groups in total. The maximum absolute atomic E-state index is 12.1. The number of amides is 2. The van der Waals surface area contributed by atoms with Crippen LogP contribution in [0.25, 0.3) is 0 Å². The second-order valence-electron chi connectivity index (χ2n) is 6.94. The third-order valence-corrected chi connectivity index (χ3v) is 5.83. The molecule has 2 amide bonds. The number of nitrogens with one attached hydrogen (secondary N) is 1. The first-order chi connectivity index (χ1) is 12.7. The van der Waals surface area contributed by atoms with Gasteiger partial charge in [0.1, 0.15) is 0 Å². The summed E-state index contributed by atoms with van der Waals surface area (Å²) in [6, 6.07) is 11.9. The van der Waals surface area contributed by atoms with Crippen molar-refractivity contribution in [3.63, 3.8) is 0 Å². The Balaban J connectivity index is 1.29. The van der Waals surface area contributed by atoms with Crippen molar-refractivity contribution in [3.8, 4) is 0 Å². The number of piperazine rings is 1. The van der Waals surface area contributed by atoms with E-state index >= 15 is 0 Å². The molecule has 2 heterocycles. The molecule has 5 nitrogen and oxygen atoms in total. The van der Waals surface area contributed by atoms with E-state index in [-0.39, 0.29) is 5.91 Å². The molecule has 1 saturated carbocycles. The van der Waals surface area contributed by atoms with Crippen molar-refractivity contribution in [1.29, 1.82) is 0 Å². The number of anilines is 2. The van der Waals surface area contributed by atoms with Gasteiger partial charge in [-0.25, -0.2) is 0 Å². The summed E-state index contributed by atoms with van der Waals surface area (Å²) in [5.41, 5.74) is 1.96. The lowest BCUT2D eigenvalue weighted by atomic mass is 10.2. The third kappa shape index (κ3) is 4.07. The fraction of sp³-hybridized carbons (Fsp3) is 0.400. The summed E-state index contributed by atoms with van der Waals surface area (Å²) in [6.45, 7) is 3.33. The van der Waals surface area contributed by atoms with Gasteiger partial charge in [0.2, 0.25) is 11.8 Å². The van der Waals surface area contributed by atoms with E-state index in [0.717, 1.165) is 55.3 Å². The van der Waals surface area contributed by atoms with Crippen LogP contribution in [0, 0.1) is 5.92 Å². The first kappa shape index (κ1) is 17.1. The van der Waals surface area contributed by atoms with Crippen LogP contribution < -0.4 is 10.2 Å². The van der Waals surface area contributed by atoms with Crippen molar-refractivity contribution >= 4 is 34.5 Å². The second-order valence-corrected chi connectivity index (χ2v) is 7.97. The van der Waals surface area contributed by atoms with Gasteiger partial charge in [0.15, 0.2) is 0 Å². The van der Waals surface area contributed by atoms with Crippen LogP contribution in [-0.4, -0.2) is 42.9 Å². The van der Waals surface area contributed by atoms with Gasteiger partial charge >= 0.3 is 0 Å². The Bertz CT molecular complexity index is 761. The molecule has 0 atom stereocenters. The molecule has 1 aromatic carbocycles. The van der Waals surface area contributed by atoms with Crippen LogP contribution >= 0.6 is 11.3 Å². The highest BCUT2D eigenvalue weighted by Gasteiger charge is 2.34. The molecule has 136 valence electrons. The lowest BCUT2D eigenvalue weighted by Gasteiger charge is -2.36. The molecular formula is C20H23N3O2S. The number of rotatable bonds is 5. The molecule has 0 spiro atoms. The minimum absolute atomic E-state index is 0.00685. The van der Waals surface area contributed by atoms with Crippen molar-refractivity contribution in [3.05, 3.63) is 46.7 Å². The maximum atomic E-state index is 12.1. The Labute approximate surface area is 157 Å². The van der Waals surface area contributed by atoms with Crippen LogP contribution in [0.2, 0.25) is 0 Å². The molecule has 2 aliphatic rings. The largest absolute Gasteiger partial charge is 0.368 e. The molecule has 1 saturated heterocycles. The van der Waals surface area contributed by atoms with Gasteiger partial charge in [-0.15, -0.1) is 11.3 Å². The van der Waals surface area contributed by atoms with Gasteiger partial charge in [-0.1, -0.05) is 6.07 Å². The summed E-state index contributed by atoms with van der Waals surface area (Å²) in [5, 5.41) is 4.93. The van der Waals surface area contributed by atoms with Gasteiger partial charge in [0.05, 0.1) is 6.42 Å². The fourth-order valence-corrected chi connectivity index (χ4v) is 4.01. The topological polar surface area (TPSA) is 52.7 Å². The monoisotopic (exact) mass is 369 g/mol. The zero-order chi connectivity index (χ0) is 17.9. The average molecular weight is 369 g/mol. The first-order valence-electron chi connectivity index (χ1n) is 9.15. The van der Waals surface area contributed by atoms with Crippen molar-refractivity contribution in [2.75, 3.05) is 36.4 Å². The van der Waals surface area contributed by atoms with E-state index in [1.807, 2.05) is 46.7 Å². The fourth-order valence-electron chi connectivity index (χ4n) is 3.31. The van der Waals surface area contributed by atoms with E-state index in [1.165, 1.54) is 0 Å². The van der Waals surface area contributed by atoms with Crippen LogP contribution in [0.1, 0.15) is 17.7 Å². The van der Waals surface area contributed by atoms with Crippen molar-refractivity contribution in [2.24, 2.45) is 5.92 Å². The third-order valence-electron chi connectivity index (χ3n) is 4.95. The summed E-state index contributed by atoms with van der Waals surface area (Å²) in [6.07, 6.45) is 2.55. The van der Waals surface area contributed by atoms with E-state index < -0.39 is 0 Å². The Kier molecular flexibility index (Phi) is 4.93. The zero-order valence-corrected chi connectivity index (χ0v) is 15.5. The van der Waals surface area contributed by atoms with E-state index in [0.29, 0.717) is 18.2 Å². The zero-order valence-electron chi connectivity index (χ0n) is 14.7. The number of nitrogens with zero attached hydrogens (tertiary/aromatic N) is 2. The second kappa shape index (κ2) is 7.50. The van der Waals surface area contributed by atoms with Crippen LogP contribution in [0.15, 0.2) is 41.8 Å². The number of thiophene rings is 1. The number of hydrogen-bond acceptors (Lipinski definition) is 4. The van der Waals surface area contributed by atoms with E-state index in [1.54, 1.807) is 11.3 Å². The molecule has 2 fully saturated rings. The molecule has 0 bridgehead atoms. The summed E-state index contributed by atoms with van der Waals surface area (Å²) in [5.74, 6) is 0.652. The van der Waals surface area contributed by atoms with E-state index in [9.17, 15) is 9.59 Å². The molecule has 0 radical (unpaired) electrons. The number of hydrogen-bond donors (Lipinski definition) is 1. The Morgan fingerprint density at radius 2 is 1.77 bits per heavy atom. The van der Waals surface area contributed by atoms with Crippen LogP contribution in [0.4, 0.5) is 11.4 Å². The summed E-state index contributed by atoms with van der Waals surface area (Å²) in [7, 11) is 0. The standard InChI is InChI=1S/C20H23N3O2S/c24-19(14-18-2-1-13-26-18)21-16-5-7-17(8-6-16)22-9-11-23(12-10-22)20(25)15-3-4-15/h1-2,5-8,13,15H,3-4,9-12,14H2,(H,21,24). The van der Waals surface area contributed by atoms with Crippen molar-refractivity contribution in [1.82, 2.24) is 4.90 Å². The molecule has 1 aliphatic heterocycles. The van der Waals surface area contributed by atoms with Crippen LogP contribution in [-0.2, 0) is 16.0 Å². The normalized spacial score (nSPS) is 17.2. The molecule has 1 aromatic heterocycles. The lowest BCUT2D eigenvalue weighted by Crippen LogP contribution is -2.49. The number of carbonyl (C=O) groups is 2. The predicted octanol–water partition coefficient (Wildman–Crippen LogP) is 2.99. The minimum Gasteiger partial charge on any atom is -0.368 e. The molecule has 1 aliphatic carbocycles. The minimum atomic E-state index is 0.00685. The Morgan fingerprint density at radius 3 is 2.38 bits per heavy atom. The molecule has 6 heteroatoms. The molecular weight excluding hydrogens is 346 g/mol. The number of benzene rings is 1. The van der Waals surface area contributed by atoms with Gasteiger partial charge in [-0.05, 0) is 48.6 Å². The van der Waals surface area contributed by atoms with Gasteiger partial charge in [-0.2, -0.15) is 0 Å². The quantitative estimate of drug-likeness (QED) is 0.882. The average Bonchev–Trinajstić information content (AvgIpc) is 3.39. The summed E-state index contributed by atoms with van der Waals surface area (Å²) < 4.78 is 0. The molecule has 4 rings (SSSR count). The van der Waals surface area contributed by atoms with E-state index in [4.69, 9.17) is 0 Å². The predicted molar refractivity (Wildman–Crippen MR) is 105 cm³/mol. The van der Waals surface area contributed by atoms with Gasteiger partial charge in [-0.3, -0.25) is 9.59 Å². The van der Waals surface area contributed by atoms with Crippen LogP contribution in [0.5, 0.6) is 0 Å². The molecule has 2 aromatic rings. The van der Waals surface area contributed by atoms with Crippen molar-refractivity contribution in [2.45, 2.75) is 19.3 Å². The Hall–Kier alpha value is -2.34. The smallest absolute Gasteiger partial charge is 0.229 e. The van der Waals surface area contributed by atoms with E-state index in [2.05, 4.69) is 10.2 Å². The summed E-state index contributed by atoms with van der Waals surface area (Å²) in [4.78, 5) is 29.6. The molecule has 26 heavy (non-hydrogen) atoms. The lowest BCUT2D eigenvalue weighted by molar-refractivity contribution is -0.132.